The van der Waals surface area contributed by atoms with Crippen LogP contribution in [0, 0.1) is 13.8 Å². The van der Waals surface area contributed by atoms with Crippen LogP contribution in [0.5, 0.6) is 0 Å². The summed E-state index contributed by atoms with van der Waals surface area (Å²) in [6.45, 7) is 3.73. The van der Waals surface area contributed by atoms with Crippen molar-refractivity contribution < 1.29 is 8.42 Å². The second-order valence-corrected chi connectivity index (χ2v) is 8.73. The van der Waals surface area contributed by atoms with Gasteiger partial charge in [-0.25, -0.2) is 4.98 Å². The first kappa shape index (κ1) is 19.4. The molecule has 0 saturated heterocycles. The lowest BCUT2D eigenvalue weighted by atomic mass is 10.2. The minimum atomic E-state index is -3.94. The van der Waals surface area contributed by atoms with Gasteiger partial charge in [-0.3, -0.25) is 4.57 Å². The molecule has 4 rings (SSSR count). The van der Waals surface area contributed by atoms with Crippen LogP contribution < -0.4 is 0 Å². The molecule has 5 nitrogen and oxygen atoms in total. The summed E-state index contributed by atoms with van der Waals surface area (Å²) < 4.78 is 32.2. The van der Waals surface area contributed by atoms with Crippen molar-refractivity contribution >= 4 is 38.5 Å². The fourth-order valence-corrected chi connectivity index (χ4v) is 4.24. The predicted molar refractivity (Wildman–Crippen MR) is 116 cm³/mol. The summed E-state index contributed by atoms with van der Waals surface area (Å²) in [6.07, 6.45) is 0. The van der Waals surface area contributed by atoms with E-state index in [4.69, 9.17) is 11.6 Å². The van der Waals surface area contributed by atoms with E-state index in [0.717, 1.165) is 16.6 Å². The van der Waals surface area contributed by atoms with Crippen molar-refractivity contribution in [3.8, 4) is 0 Å². The van der Waals surface area contributed by atoms with Crippen LogP contribution >= 0.6 is 11.6 Å². The highest BCUT2D eigenvalue weighted by Crippen LogP contribution is 2.22. The maximum atomic E-state index is 13.1. The molecule has 0 N–H and O–H groups in total. The molecule has 0 spiro atoms. The van der Waals surface area contributed by atoms with E-state index in [0.29, 0.717) is 16.4 Å². The molecule has 3 aromatic carbocycles. The van der Waals surface area contributed by atoms with Crippen molar-refractivity contribution in [2.75, 3.05) is 0 Å². The average molecular weight is 424 g/mol. The molecule has 0 bridgehead atoms. The lowest BCUT2D eigenvalue weighted by molar-refractivity contribution is 0.598. The number of aromatic nitrogens is 2. The molecule has 0 fully saturated rings. The molecule has 4 aromatic rings. The zero-order valence-corrected chi connectivity index (χ0v) is 17.4. The summed E-state index contributed by atoms with van der Waals surface area (Å²) in [5, 5.41) is 0.557. The third-order valence-electron chi connectivity index (χ3n) is 4.57. The number of halogens is 1. The Balaban J connectivity index is 1.98. The van der Waals surface area contributed by atoms with Crippen LogP contribution in [0.25, 0.3) is 11.0 Å². The third-order valence-corrected chi connectivity index (χ3v) is 6.10. The van der Waals surface area contributed by atoms with Gasteiger partial charge in [-0.15, -0.1) is 4.40 Å². The molecular formula is C22H18ClN3O2S. The van der Waals surface area contributed by atoms with Crippen LogP contribution in [0.2, 0.25) is 5.02 Å². The Bertz CT molecular complexity index is 1320. The molecule has 0 aliphatic carbocycles. The maximum absolute atomic E-state index is 13.1. The third kappa shape index (κ3) is 3.81. The number of rotatable bonds is 3. The van der Waals surface area contributed by atoms with Gasteiger partial charge in [0.15, 0.2) is 5.84 Å². The molecule has 0 amide bonds. The van der Waals surface area contributed by atoms with Crippen molar-refractivity contribution in [1.29, 1.82) is 0 Å². The van der Waals surface area contributed by atoms with Crippen LogP contribution in [0.1, 0.15) is 17.0 Å². The van der Waals surface area contributed by atoms with Gasteiger partial charge in [-0.2, -0.15) is 8.42 Å². The SMILES string of the molecule is Cc1ccc(S(=O)(=O)N=C(c2ccc(Cl)cc2)n2c(C)nc3ccccc32)cc1. The Morgan fingerprint density at radius 1 is 0.931 bits per heavy atom. The first-order valence-electron chi connectivity index (χ1n) is 8.97. The van der Waals surface area contributed by atoms with Gasteiger partial charge in [0, 0.05) is 10.6 Å². The summed E-state index contributed by atoms with van der Waals surface area (Å²) in [4.78, 5) is 4.69. The van der Waals surface area contributed by atoms with E-state index in [-0.39, 0.29) is 10.7 Å². The summed E-state index contributed by atoms with van der Waals surface area (Å²) in [5.74, 6) is 0.910. The maximum Gasteiger partial charge on any atom is 0.284 e. The highest BCUT2D eigenvalue weighted by Gasteiger charge is 2.20. The van der Waals surface area contributed by atoms with Gasteiger partial charge < -0.3 is 0 Å². The molecular weight excluding hydrogens is 406 g/mol. The zero-order valence-electron chi connectivity index (χ0n) is 15.9. The van der Waals surface area contributed by atoms with E-state index in [9.17, 15) is 8.42 Å². The quantitative estimate of drug-likeness (QED) is 0.344. The van der Waals surface area contributed by atoms with Gasteiger partial charge in [-0.05, 0) is 62.4 Å². The Morgan fingerprint density at radius 3 is 2.28 bits per heavy atom. The van der Waals surface area contributed by atoms with E-state index < -0.39 is 10.0 Å². The molecule has 0 aliphatic heterocycles. The Kier molecular flexibility index (Phi) is 4.98. The van der Waals surface area contributed by atoms with Gasteiger partial charge in [-0.1, -0.05) is 41.4 Å². The standard InChI is InChI=1S/C22H18ClN3O2S/c1-15-7-13-19(14-8-15)29(27,28)25-22(17-9-11-18(23)12-10-17)26-16(2)24-20-5-3-4-6-21(20)26/h3-14H,1-2H3. The summed E-state index contributed by atoms with van der Waals surface area (Å²) in [6, 6.07) is 21.1. The van der Waals surface area contributed by atoms with E-state index in [1.807, 2.05) is 38.1 Å². The molecule has 0 atom stereocenters. The van der Waals surface area contributed by atoms with Crippen LogP contribution in [0.4, 0.5) is 0 Å². The Morgan fingerprint density at radius 2 is 1.59 bits per heavy atom. The van der Waals surface area contributed by atoms with Crippen LogP contribution in [-0.2, 0) is 10.0 Å². The number of sulfonamides is 1. The van der Waals surface area contributed by atoms with E-state index >= 15 is 0 Å². The normalized spacial score (nSPS) is 12.4. The lowest BCUT2D eigenvalue weighted by Gasteiger charge is -2.12. The first-order valence-corrected chi connectivity index (χ1v) is 10.8. The molecule has 0 unspecified atom stereocenters. The van der Waals surface area contributed by atoms with Crippen molar-refractivity contribution in [2.24, 2.45) is 4.40 Å². The van der Waals surface area contributed by atoms with Crippen molar-refractivity contribution in [1.82, 2.24) is 9.55 Å². The van der Waals surface area contributed by atoms with Crippen molar-refractivity contribution in [3.05, 3.63) is 94.8 Å². The molecule has 1 heterocycles. The number of hydrogen-bond acceptors (Lipinski definition) is 3. The van der Waals surface area contributed by atoms with Crippen LogP contribution in [-0.4, -0.2) is 23.8 Å². The van der Waals surface area contributed by atoms with E-state index in [1.165, 1.54) is 0 Å². The highest BCUT2D eigenvalue weighted by atomic mass is 35.5. The topological polar surface area (TPSA) is 64.3 Å². The molecule has 0 saturated carbocycles. The monoisotopic (exact) mass is 423 g/mol. The minimum absolute atomic E-state index is 0.136. The number of para-hydroxylation sites is 2. The van der Waals surface area contributed by atoms with E-state index in [1.54, 1.807) is 53.1 Å². The van der Waals surface area contributed by atoms with Crippen molar-refractivity contribution in [3.63, 3.8) is 0 Å². The van der Waals surface area contributed by atoms with E-state index in [2.05, 4.69) is 9.38 Å². The molecule has 7 heteroatoms. The number of aryl methyl sites for hydroxylation is 2. The summed E-state index contributed by atoms with van der Waals surface area (Å²) >= 11 is 6.03. The van der Waals surface area contributed by atoms with Gasteiger partial charge in [0.1, 0.15) is 5.82 Å². The van der Waals surface area contributed by atoms with Gasteiger partial charge in [0.25, 0.3) is 10.0 Å². The predicted octanol–water partition coefficient (Wildman–Crippen LogP) is 4.99. The fraction of sp³-hybridized carbons (Fsp3) is 0.0909. The number of nitrogens with zero attached hydrogens (tertiary/aromatic N) is 3. The van der Waals surface area contributed by atoms with Crippen molar-refractivity contribution in [2.45, 2.75) is 18.7 Å². The Hall–Kier alpha value is -2.96. The zero-order chi connectivity index (χ0) is 20.6. The first-order chi connectivity index (χ1) is 13.8. The van der Waals surface area contributed by atoms with Gasteiger partial charge in [0.05, 0.1) is 15.9 Å². The fourth-order valence-electron chi connectivity index (χ4n) is 3.11. The molecule has 1 aromatic heterocycles. The average Bonchev–Trinajstić information content (AvgIpc) is 3.03. The highest BCUT2D eigenvalue weighted by molar-refractivity contribution is 7.90. The smallest absolute Gasteiger partial charge is 0.279 e. The minimum Gasteiger partial charge on any atom is -0.279 e. The number of benzene rings is 3. The summed E-state index contributed by atoms with van der Waals surface area (Å²) in [7, 11) is -3.94. The number of fused-ring (bicyclic) bond motifs is 1. The van der Waals surface area contributed by atoms with Crippen LogP contribution in [0.3, 0.4) is 0 Å². The molecule has 146 valence electrons. The second-order valence-electron chi connectivity index (χ2n) is 6.69. The van der Waals surface area contributed by atoms with Gasteiger partial charge in [0.2, 0.25) is 0 Å². The summed E-state index contributed by atoms with van der Waals surface area (Å²) in [5.41, 5.74) is 3.14. The number of imidazole rings is 1. The molecule has 0 aliphatic rings. The second kappa shape index (κ2) is 7.46. The van der Waals surface area contributed by atoms with Gasteiger partial charge >= 0.3 is 0 Å². The lowest BCUT2D eigenvalue weighted by Crippen LogP contribution is -2.17. The number of hydrogen-bond donors (Lipinski definition) is 0. The molecule has 0 radical (unpaired) electrons. The Labute approximate surface area is 174 Å². The van der Waals surface area contributed by atoms with Crippen LogP contribution in [0.15, 0.2) is 82.1 Å². The molecule has 29 heavy (non-hydrogen) atoms. The largest absolute Gasteiger partial charge is 0.284 e.